The molecule has 1 aromatic rings. The molecule has 1 aromatic heterocycles. The lowest BCUT2D eigenvalue weighted by Gasteiger charge is -2.06. The number of carbonyl (C=O) groups excluding carboxylic acids is 1. The first-order valence-electron chi connectivity index (χ1n) is 3.27. The number of alkyl halides is 2. The predicted octanol–water partition coefficient (Wildman–Crippen LogP) is 3.61. The van der Waals surface area contributed by atoms with Crippen molar-refractivity contribution < 1.29 is 13.6 Å². The van der Waals surface area contributed by atoms with Gasteiger partial charge in [-0.1, -0.05) is 0 Å². The van der Waals surface area contributed by atoms with Crippen molar-refractivity contribution in [3.8, 4) is 0 Å². The molecule has 0 atom stereocenters. The molecular weight excluding hydrogens is 441 g/mol. The number of aromatic nitrogens is 1. The molecule has 1 rings (SSSR count). The molecule has 2 nitrogen and oxygen atoms in total. The van der Waals surface area contributed by atoms with Gasteiger partial charge in [-0.05, 0) is 62.8 Å². The Balaban J connectivity index is 3.44. The molecular formula is C7H2ClF2I2NO. The van der Waals surface area contributed by atoms with Gasteiger partial charge in [0.15, 0.2) is 0 Å². The van der Waals surface area contributed by atoms with E-state index >= 15 is 0 Å². The predicted molar refractivity (Wildman–Crippen MR) is 64.8 cm³/mol. The number of hydrogen-bond donors (Lipinski definition) is 0. The zero-order valence-electron chi connectivity index (χ0n) is 6.40. The Labute approximate surface area is 111 Å². The van der Waals surface area contributed by atoms with Crippen molar-refractivity contribution in [3.63, 3.8) is 0 Å². The molecule has 0 aromatic carbocycles. The van der Waals surface area contributed by atoms with Crippen molar-refractivity contribution in [3.05, 3.63) is 24.6 Å². The van der Waals surface area contributed by atoms with Crippen molar-refractivity contribution in [2.75, 3.05) is 0 Å². The van der Waals surface area contributed by atoms with Crippen molar-refractivity contribution in [1.82, 2.24) is 4.98 Å². The van der Waals surface area contributed by atoms with Crippen molar-refractivity contribution in [2.24, 2.45) is 0 Å². The van der Waals surface area contributed by atoms with Crippen LogP contribution in [-0.4, -0.2) is 10.2 Å². The van der Waals surface area contributed by atoms with Gasteiger partial charge in [0.05, 0.1) is 5.56 Å². The van der Waals surface area contributed by atoms with Gasteiger partial charge in [-0.3, -0.25) is 4.79 Å². The minimum absolute atomic E-state index is 0.206. The average molecular weight is 443 g/mol. The lowest BCUT2D eigenvalue weighted by molar-refractivity contribution is 0.106. The van der Waals surface area contributed by atoms with E-state index in [9.17, 15) is 13.6 Å². The summed E-state index contributed by atoms with van der Waals surface area (Å²) in [6.07, 6.45) is -2.80. The maximum Gasteiger partial charge on any atom is 0.281 e. The molecule has 0 radical (unpaired) electrons. The fourth-order valence-electron chi connectivity index (χ4n) is 0.855. The summed E-state index contributed by atoms with van der Waals surface area (Å²) in [4.78, 5) is 14.5. The van der Waals surface area contributed by atoms with E-state index in [-0.39, 0.29) is 5.56 Å². The van der Waals surface area contributed by atoms with Gasteiger partial charge in [0, 0.05) is 3.57 Å². The van der Waals surface area contributed by atoms with Crippen molar-refractivity contribution >= 4 is 62.0 Å². The molecule has 76 valence electrons. The maximum atomic E-state index is 12.5. The molecule has 0 aliphatic heterocycles. The summed E-state index contributed by atoms with van der Waals surface area (Å²) < 4.78 is 25.7. The highest BCUT2D eigenvalue weighted by molar-refractivity contribution is 14.1. The van der Waals surface area contributed by atoms with Crippen LogP contribution in [0.5, 0.6) is 0 Å². The standard InChI is InChI=1S/C7H2ClF2I2NO/c8-6(14)4-2(11)1-3(12)13-5(4)7(9)10/h1,7H. The third-order valence-corrected chi connectivity index (χ3v) is 2.96. The van der Waals surface area contributed by atoms with Crippen LogP contribution in [0, 0.1) is 7.27 Å². The summed E-state index contributed by atoms with van der Waals surface area (Å²) in [6.45, 7) is 0. The highest BCUT2D eigenvalue weighted by Gasteiger charge is 2.22. The van der Waals surface area contributed by atoms with E-state index in [2.05, 4.69) is 4.98 Å². The number of halogens is 5. The molecule has 0 fully saturated rings. The van der Waals surface area contributed by atoms with Gasteiger partial charge in [0.1, 0.15) is 9.39 Å². The highest BCUT2D eigenvalue weighted by Crippen LogP contribution is 2.27. The van der Waals surface area contributed by atoms with E-state index in [1.807, 2.05) is 0 Å². The zero-order chi connectivity index (χ0) is 10.9. The Bertz CT molecular complexity index is 386. The normalized spacial score (nSPS) is 10.7. The fraction of sp³-hybridized carbons (Fsp3) is 0.143. The van der Waals surface area contributed by atoms with Crippen LogP contribution in [0.25, 0.3) is 0 Å². The summed E-state index contributed by atoms with van der Waals surface area (Å²) in [7, 11) is 0. The molecule has 0 spiro atoms. The second-order valence-electron chi connectivity index (χ2n) is 2.26. The fourth-order valence-corrected chi connectivity index (χ4v) is 3.20. The van der Waals surface area contributed by atoms with Gasteiger partial charge in [-0.25, -0.2) is 13.8 Å². The quantitative estimate of drug-likeness (QED) is 0.397. The monoisotopic (exact) mass is 443 g/mol. The maximum absolute atomic E-state index is 12.5. The van der Waals surface area contributed by atoms with Gasteiger partial charge < -0.3 is 0 Å². The average Bonchev–Trinajstić information content (AvgIpc) is 2.01. The highest BCUT2D eigenvalue weighted by atomic mass is 127. The Kier molecular flexibility index (Phi) is 4.44. The number of hydrogen-bond acceptors (Lipinski definition) is 2. The van der Waals surface area contributed by atoms with Crippen LogP contribution in [0.15, 0.2) is 6.07 Å². The van der Waals surface area contributed by atoms with E-state index < -0.39 is 17.4 Å². The first-order valence-corrected chi connectivity index (χ1v) is 5.81. The van der Waals surface area contributed by atoms with E-state index in [4.69, 9.17) is 11.6 Å². The van der Waals surface area contributed by atoms with E-state index in [0.717, 1.165) is 0 Å². The molecule has 0 saturated carbocycles. The SMILES string of the molecule is O=C(Cl)c1c(I)cc(I)nc1C(F)F. The molecule has 0 aliphatic rings. The number of carbonyl (C=O) groups is 1. The van der Waals surface area contributed by atoms with Gasteiger partial charge >= 0.3 is 0 Å². The van der Waals surface area contributed by atoms with Crippen LogP contribution in [0.1, 0.15) is 22.5 Å². The van der Waals surface area contributed by atoms with Crippen LogP contribution >= 0.6 is 56.8 Å². The lowest BCUT2D eigenvalue weighted by atomic mass is 10.2. The summed E-state index contributed by atoms with van der Waals surface area (Å²) in [5, 5.41) is -0.909. The lowest BCUT2D eigenvalue weighted by Crippen LogP contribution is -2.06. The van der Waals surface area contributed by atoms with Gasteiger partial charge in [0.2, 0.25) is 0 Å². The second-order valence-corrected chi connectivity index (χ2v) is 4.87. The zero-order valence-corrected chi connectivity index (χ0v) is 11.5. The molecule has 14 heavy (non-hydrogen) atoms. The first-order chi connectivity index (χ1) is 6.43. The van der Waals surface area contributed by atoms with Crippen LogP contribution in [0.4, 0.5) is 8.78 Å². The summed E-state index contributed by atoms with van der Waals surface area (Å²) >= 11 is 8.77. The second kappa shape index (κ2) is 4.97. The smallest absolute Gasteiger partial charge is 0.275 e. The summed E-state index contributed by atoms with van der Waals surface area (Å²) in [6, 6.07) is 1.52. The van der Waals surface area contributed by atoms with Crippen molar-refractivity contribution in [2.45, 2.75) is 6.43 Å². The topological polar surface area (TPSA) is 30.0 Å². The molecule has 0 N–H and O–H groups in total. The Morgan fingerprint density at radius 2 is 2.07 bits per heavy atom. The van der Waals surface area contributed by atoms with Gasteiger partial charge in [-0.15, -0.1) is 0 Å². The van der Waals surface area contributed by atoms with Gasteiger partial charge in [0.25, 0.3) is 11.7 Å². The Morgan fingerprint density at radius 3 is 2.50 bits per heavy atom. The summed E-state index contributed by atoms with van der Waals surface area (Å²) in [5.41, 5.74) is -0.760. The minimum Gasteiger partial charge on any atom is -0.275 e. The third kappa shape index (κ3) is 2.72. The molecule has 0 aliphatic carbocycles. The largest absolute Gasteiger partial charge is 0.281 e. The number of rotatable bonds is 2. The Morgan fingerprint density at radius 1 is 1.50 bits per heavy atom. The van der Waals surface area contributed by atoms with Crippen LogP contribution in [0.2, 0.25) is 0 Å². The summed E-state index contributed by atoms with van der Waals surface area (Å²) in [5.74, 6) is 0. The molecule has 0 bridgehead atoms. The van der Waals surface area contributed by atoms with E-state index in [1.54, 1.807) is 45.2 Å². The Hall–Kier alpha value is 0.430. The molecule has 0 amide bonds. The molecule has 0 unspecified atom stereocenters. The number of pyridine rings is 1. The molecule has 7 heteroatoms. The van der Waals surface area contributed by atoms with Crippen molar-refractivity contribution in [1.29, 1.82) is 0 Å². The minimum atomic E-state index is -2.80. The third-order valence-electron chi connectivity index (χ3n) is 1.37. The van der Waals surface area contributed by atoms with Crippen LogP contribution < -0.4 is 0 Å². The van der Waals surface area contributed by atoms with Gasteiger partial charge in [-0.2, -0.15) is 0 Å². The number of nitrogens with zero attached hydrogens (tertiary/aromatic N) is 1. The van der Waals surface area contributed by atoms with Crippen LogP contribution in [-0.2, 0) is 0 Å². The molecule has 0 saturated heterocycles. The van der Waals surface area contributed by atoms with E-state index in [0.29, 0.717) is 7.27 Å². The first kappa shape index (κ1) is 12.5. The molecule has 1 heterocycles. The van der Waals surface area contributed by atoms with Crippen LogP contribution in [0.3, 0.4) is 0 Å². The van der Waals surface area contributed by atoms with E-state index in [1.165, 1.54) is 6.07 Å².